The van der Waals surface area contributed by atoms with Gasteiger partial charge in [-0.3, -0.25) is 14.6 Å². The van der Waals surface area contributed by atoms with E-state index < -0.39 is 0 Å². The van der Waals surface area contributed by atoms with Crippen LogP contribution in [0.15, 0.2) is 46.4 Å². The third-order valence-electron chi connectivity index (χ3n) is 3.39. The highest BCUT2D eigenvalue weighted by molar-refractivity contribution is 7.13. The number of hydrogen-bond donors (Lipinski definition) is 2. The average molecular weight is 391 g/mol. The van der Waals surface area contributed by atoms with Crippen molar-refractivity contribution in [1.82, 2.24) is 20.8 Å². The number of hydrogen-bond acceptors (Lipinski definition) is 6. The highest BCUT2D eigenvalue weighted by Crippen LogP contribution is 2.24. The molecule has 0 aromatic carbocycles. The number of thiophene rings is 1. The van der Waals surface area contributed by atoms with E-state index in [9.17, 15) is 9.59 Å². The second-order valence-corrected chi connectivity index (χ2v) is 6.66. The lowest BCUT2D eigenvalue weighted by Crippen LogP contribution is -2.30. The monoisotopic (exact) mass is 390 g/mol. The first-order valence-corrected chi connectivity index (χ1v) is 9.08. The van der Waals surface area contributed by atoms with Crippen LogP contribution < -0.4 is 10.6 Å². The Balaban J connectivity index is 1.40. The van der Waals surface area contributed by atoms with Gasteiger partial charge in [0.25, 0.3) is 11.8 Å². The molecule has 3 aromatic heterocycles. The van der Waals surface area contributed by atoms with Crippen molar-refractivity contribution in [2.45, 2.75) is 6.42 Å². The quantitative estimate of drug-likeness (QED) is 0.604. The maximum Gasteiger partial charge on any atom is 0.273 e. The molecule has 2 N–H and O–H groups in total. The van der Waals surface area contributed by atoms with Gasteiger partial charge in [0.1, 0.15) is 5.69 Å². The molecule has 3 rings (SSSR count). The molecule has 0 fully saturated rings. The predicted molar refractivity (Wildman–Crippen MR) is 98.3 cm³/mol. The summed E-state index contributed by atoms with van der Waals surface area (Å²) in [4.78, 5) is 28.8. The summed E-state index contributed by atoms with van der Waals surface area (Å²) < 4.78 is 5.17. The van der Waals surface area contributed by atoms with Gasteiger partial charge in [0.05, 0.1) is 4.88 Å². The van der Waals surface area contributed by atoms with Gasteiger partial charge in [-0.25, -0.2) is 0 Å². The number of nitrogens with zero attached hydrogens (tertiary/aromatic N) is 2. The zero-order chi connectivity index (χ0) is 18.4. The molecule has 0 atom stereocenters. The number of amides is 2. The molecule has 0 saturated carbocycles. The number of rotatable bonds is 7. The van der Waals surface area contributed by atoms with Gasteiger partial charge in [0.2, 0.25) is 0 Å². The second kappa shape index (κ2) is 8.59. The molecule has 0 radical (unpaired) electrons. The van der Waals surface area contributed by atoms with Crippen LogP contribution in [0.4, 0.5) is 0 Å². The molecule has 0 aliphatic rings. The van der Waals surface area contributed by atoms with Crippen LogP contribution in [-0.2, 0) is 0 Å². The van der Waals surface area contributed by atoms with Crippen LogP contribution in [0.25, 0.3) is 10.6 Å². The minimum Gasteiger partial charge on any atom is -0.355 e. The minimum atomic E-state index is -0.320. The van der Waals surface area contributed by atoms with E-state index in [1.54, 1.807) is 12.1 Å². The van der Waals surface area contributed by atoms with Crippen LogP contribution in [0.2, 0.25) is 5.02 Å². The Kier molecular flexibility index (Phi) is 5.98. The topological polar surface area (TPSA) is 97.1 Å². The van der Waals surface area contributed by atoms with Crippen molar-refractivity contribution in [2.24, 2.45) is 0 Å². The summed E-state index contributed by atoms with van der Waals surface area (Å²) in [5.41, 5.74) is 0.478. The zero-order valence-corrected chi connectivity index (χ0v) is 15.1. The zero-order valence-electron chi connectivity index (χ0n) is 13.6. The summed E-state index contributed by atoms with van der Waals surface area (Å²) >= 11 is 7.33. The molecule has 0 aliphatic heterocycles. The van der Waals surface area contributed by atoms with Gasteiger partial charge in [-0.2, -0.15) is 0 Å². The molecular formula is C17H15ClN4O3S. The van der Waals surface area contributed by atoms with Gasteiger partial charge >= 0.3 is 0 Å². The Bertz CT molecular complexity index is 895. The van der Waals surface area contributed by atoms with Crippen molar-refractivity contribution in [3.8, 4) is 10.6 Å². The summed E-state index contributed by atoms with van der Waals surface area (Å²) in [6, 6.07) is 8.49. The van der Waals surface area contributed by atoms with E-state index in [1.807, 2.05) is 17.5 Å². The number of halogens is 1. The van der Waals surface area contributed by atoms with E-state index in [2.05, 4.69) is 20.8 Å². The lowest BCUT2D eigenvalue weighted by Gasteiger charge is -2.05. The van der Waals surface area contributed by atoms with Crippen LogP contribution in [0.5, 0.6) is 0 Å². The number of carbonyl (C=O) groups excluding carboxylic acids is 2. The van der Waals surface area contributed by atoms with Gasteiger partial charge in [-0.15, -0.1) is 11.3 Å². The van der Waals surface area contributed by atoms with Crippen LogP contribution in [0.1, 0.15) is 27.4 Å². The normalized spacial score (nSPS) is 10.5. The van der Waals surface area contributed by atoms with Crippen LogP contribution in [-0.4, -0.2) is 35.0 Å². The van der Waals surface area contributed by atoms with Crippen LogP contribution in [0, 0.1) is 0 Å². The maximum atomic E-state index is 12.0. The SMILES string of the molecule is O=C(NCCCNC(=O)c1cc(-c2cccs2)on1)c1cc(Cl)ccn1. The molecule has 0 bridgehead atoms. The van der Waals surface area contributed by atoms with Gasteiger partial charge in [0, 0.05) is 30.4 Å². The molecule has 0 unspecified atom stereocenters. The Labute approximate surface area is 158 Å². The van der Waals surface area contributed by atoms with Crippen LogP contribution in [0.3, 0.4) is 0 Å². The van der Waals surface area contributed by atoms with E-state index in [-0.39, 0.29) is 23.2 Å². The largest absolute Gasteiger partial charge is 0.355 e. The Morgan fingerprint density at radius 1 is 1.12 bits per heavy atom. The predicted octanol–water partition coefficient (Wildman–Crippen LogP) is 3.00. The lowest BCUT2D eigenvalue weighted by atomic mass is 10.3. The summed E-state index contributed by atoms with van der Waals surface area (Å²) in [6.45, 7) is 0.788. The first-order chi connectivity index (χ1) is 12.6. The highest BCUT2D eigenvalue weighted by atomic mass is 35.5. The number of carbonyl (C=O) groups is 2. The summed E-state index contributed by atoms with van der Waals surface area (Å²) in [5.74, 6) is -0.0678. The van der Waals surface area contributed by atoms with E-state index >= 15 is 0 Å². The number of nitrogens with one attached hydrogen (secondary N) is 2. The molecule has 0 aliphatic carbocycles. The van der Waals surface area contributed by atoms with E-state index in [0.29, 0.717) is 30.3 Å². The molecule has 3 heterocycles. The molecule has 134 valence electrons. The fourth-order valence-electron chi connectivity index (χ4n) is 2.12. The van der Waals surface area contributed by atoms with Crippen molar-refractivity contribution in [1.29, 1.82) is 0 Å². The Morgan fingerprint density at radius 3 is 2.58 bits per heavy atom. The average Bonchev–Trinajstić information content (AvgIpc) is 3.32. The second-order valence-electron chi connectivity index (χ2n) is 5.28. The molecule has 7 nitrogen and oxygen atoms in total. The summed E-state index contributed by atoms with van der Waals surface area (Å²) in [7, 11) is 0. The third kappa shape index (κ3) is 4.68. The van der Waals surface area contributed by atoms with Gasteiger partial charge in [-0.1, -0.05) is 22.8 Å². The minimum absolute atomic E-state index is 0.223. The first kappa shape index (κ1) is 18.1. The van der Waals surface area contributed by atoms with Gasteiger partial charge in [0.15, 0.2) is 11.5 Å². The molecule has 0 saturated heterocycles. The standard InChI is InChI=1S/C17H15ClN4O3S/c18-11-4-7-19-12(9-11)16(23)20-5-2-6-21-17(24)13-10-14(25-22-13)15-3-1-8-26-15/h1,3-4,7-10H,2,5-6H2,(H,20,23)(H,21,24). The van der Waals surface area contributed by atoms with E-state index in [4.69, 9.17) is 16.1 Å². The Morgan fingerprint density at radius 2 is 1.88 bits per heavy atom. The van der Waals surface area contributed by atoms with E-state index in [0.717, 1.165) is 4.88 Å². The summed E-state index contributed by atoms with van der Waals surface area (Å²) in [5, 5.41) is 11.6. The molecule has 0 spiro atoms. The van der Waals surface area contributed by atoms with Gasteiger partial charge < -0.3 is 15.2 Å². The van der Waals surface area contributed by atoms with E-state index in [1.165, 1.54) is 23.6 Å². The molecule has 2 amide bonds. The molecule has 9 heteroatoms. The number of pyridine rings is 1. The fraction of sp³-hybridized carbons (Fsp3) is 0.176. The summed E-state index contributed by atoms with van der Waals surface area (Å²) in [6.07, 6.45) is 2.04. The lowest BCUT2D eigenvalue weighted by molar-refractivity contribution is 0.0944. The third-order valence-corrected chi connectivity index (χ3v) is 4.51. The maximum absolute atomic E-state index is 12.0. The number of aromatic nitrogens is 2. The molecule has 26 heavy (non-hydrogen) atoms. The fourth-order valence-corrected chi connectivity index (χ4v) is 2.95. The van der Waals surface area contributed by atoms with Crippen molar-refractivity contribution in [2.75, 3.05) is 13.1 Å². The highest BCUT2D eigenvalue weighted by Gasteiger charge is 2.14. The van der Waals surface area contributed by atoms with Gasteiger partial charge in [-0.05, 0) is 30.0 Å². The molecular weight excluding hydrogens is 376 g/mol. The van der Waals surface area contributed by atoms with Crippen molar-refractivity contribution in [3.63, 3.8) is 0 Å². The molecule has 3 aromatic rings. The van der Waals surface area contributed by atoms with Crippen molar-refractivity contribution in [3.05, 3.63) is 58.3 Å². The first-order valence-electron chi connectivity index (χ1n) is 7.82. The van der Waals surface area contributed by atoms with Crippen molar-refractivity contribution >= 4 is 34.8 Å². The smallest absolute Gasteiger partial charge is 0.273 e. The Hall–Kier alpha value is -2.71. The van der Waals surface area contributed by atoms with Crippen LogP contribution >= 0.6 is 22.9 Å². The van der Waals surface area contributed by atoms with Crippen molar-refractivity contribution < 1.29 is 14.1 Å².